The quantitative estimate of drug-likeness (QED) is 0.921. The second-order valence-corrected chi connectivity index (χ2v) is 5.85. The predicted octanol–water partition coefficient (Wildman–Crippen LogP) is 4.11. The molecule has 3 nitrogen and oxygen atoms in total. The minimum Gasteiger partial charge on any atom is -0.378 e. The molecule has 0 aliphatic carbocycles. The van der Waals surface area contributed by atoms with Crippen molar-refractivity contribution >= 4 is 11.4 Å². The topological polar surface area (TPSA) is 39.1 Å². The van der Waals surface area contributed by atoms with Gasteiger partial charge in [0.15, 0.2) is 0 Å². The van der Waals surface area contributed by atoms with Crippen molar-refractivity contribution < 1.29 is 0 Å². The largest absolute Gasteiger partial charge is 0.378 e. The van der Waals surface area contributed by atoms with E-state index in [0.29, 0.717) is 11.6 Å². The van der Waals surface area contributed by atoms with Gasteiger partial charge in [-0.3, -0.25) is 0 Å². The number of anilines is 2. The van der Waals surface area contributed by atoms with E-state index in [4.69, 9.17) is 5.26 Å². The zero-order valence-electron chi connectivity index (χ0n) is 13.1. The van der Waals surface area contributed by atoms with Gasteiger partial charge in [-0.15, -0.1) is 0 Å². The molecule has 0 saturated carbocycles. The fourth-order valence-corrected chi connectivity index (χ4v) is 3.07. The summed E-state index contributed by atoms with van der Waals surface area (Å²) in [5.41, 5.74) is 5.89. The maximum Gasteiger partial charge on any atom is 0.0991 e. The van der Waals surface area contributed by atoms with Gasteiger partial charge in [-0.2, -0.15) is 5.26 Å². The van der Waals surface area contributed by atoms with Crippen molar-refractivity contribution in [2.24, 2.45) is 0 Å². The summed E-state index contributed by atoms with van der Waals surface area (Å²) < 4.78 is 0. The molecule has 22 heavy (non-hydrogen) atoms. The molecule has 0 bridgehead atoms. The predicted molar refractivity (Wildman–Crippen MR) is 91.2 cm³/mol. The minimum absolute atomic E-state index is 0.296. The van der Waals surface area contributed by atoms with Crippen LogP contribution >= 0.6 is 0 Å². The van der Waals surface area contributed by atoms with Crippen LogP contribution in [-0.2, 0) is 6.42 Å². The normalized spacial score (nSPS) is 14.3. The van der Waals surface area contributed by atoms with Crippen molar-refractivity contribution in [2.75, 3.05) is 23.8 Å². The van der Waals surface area contributed by atoms with E-state index in [9.17, 15) is 0 Å². The molecule has 1 atom stereocenters. The smallest absolute Gasteiger partial charge is 0.0991 e. The molecule has 1 heterocycles. The number of nitrogens with zero attached hydrogens (tertiary/aromatic N) is 2. The first-order valence-corrected chi connectivity index (χ1v) is 7.82. The number of fused-ring (bicyclic) bond motifs is 1. The van der Waals surface area contributed by atoms with Gasteiger partial charge in [0.25, 0.3) is 0 Å². The van der Waals surface area contributed by atoms with Crippen LogP contribution in [0.15, 0.2) is 42.5 Å². The van der Waals surface area contributed by atoms with Crippen molar-refractivity contribution in [3.05, 3.63) is 59.2 Å². The maximum atomic E-state index is 8.87. The molecule has 0 radical (unpaired) electrons. The standard InChI is InChI=1S/C19H21N3/c1-3-18(21-17-7-4-14(13-20)5-8-17)15-6-9-19-16(12-15)10-11-22(19)2/h4-9,12,18,21H,3,10-11H2,1-2H3. The van der Waals surface area contributed by atoms with Crippen LogP contribution in [0, 0.1) is 11.3 Å². The van der Waals surface area contributed by atoms with Gasteiger partial charge >= 0.3 is 0 Å². The maximum absolute atomic E-state index is 8.87. The summed E-state index contributed by atoms with van der Waals surface area (Å²) in [4.78, 5) is 2.31. The van der Waals surface area contributed by atoms with E-state index in [0.717, 1.165) is 25.1 Å². The molecule has 0 spiro atoms. The van der Waals surface area contributed by atoms with E-state index < -0.39 is 0 Å². The van der Waals surface area contributed by atoms with Crippen LogP contribution in [0.2, 0.25) is 0 Å². The summed E-state index contributed by atoms with van der Waals surface area (Å²) >= 11 is 0. The van der Waals surface area contributed by atoms with Crippen LogP contribution in [0.4, 0.5) is 11.4 Å². The Morgan fingerprint density at radius 3 is 2.68 bits per heavy atom. The zero-order valence-corrected chi connectivity index (χ0v) is 13.1. The van der Waals surface area contributed by atoms with Gasteiger partial charge < -0.3 is 10.2 Å². The minimum atomic E-state index is 0.296. The molecular formula is C19H21N3. The molecule has 0 amide bonds. The third-order valence-corrected chi connectivity index (χ3v) is 4.40. The van der Waals surface area contributed by atoms with Gasteiger partial charge in [-0.1, -0.05) is 19.1 Å². The van der Waals surface area contributed by atoms with Gasteiger partial charge in [0.1, 0.15) is 0 Å². The molecule has 1 N–H and O–H groups in total. The fourth-order valence-electron chi connectivity index (χ4n) is 3.07. The molecule has 3 rings (SSSR count). The van der Waals surface area contributed by atoms with Crippen LogP contribution in [0.25, 0.3) is 0 Å². The summed E-state index contributed by atoms with van der Waals surface area (Å²) in [5.74, 6) is 0. The lowest BCUT2D eigenvalue weighted by Crippen LogP contribution is -2.12. The Balaban J connectivity index is 1.80. The number of hydrogen-bond donors (Lipinski definition) is 1. The molecule has 0 fully saturated rings. The Hall–Kier alpha value is -2.47. The SMILES string of the molecule is CCC(Nc1ccc(C#N)cc1)c1ccc2c(c1)CCN2C. The lowest BCUT2D eigenvalue weighted by molar-refractivity contribution is 0.748. The van der Waals surface area contributed by atoms with Crippen molar-refractivity contribution in [3.8, 4) is 6.07 Å². The third kappa shape index (κ3) is 2.78. The molecular weight excluding hydrogens is 270 g/mol. The third-order valence-electron chi connectivity index (χ3n) is 4.40. The highest BCUT2D eigenvalue weighted by atomic mass is 15.1. The van der Waals surface area contributed by atoms with Crippen LogP contribution in [0.5, 0.6) is 0 Å². The molecule has 1 aliphatic rings. The van der Waals surface area contributed by atoms with Crippen LogP contribution in [-0.4, -0.2) is 13.6 Å². The van der Waals surface area contributed by atoms with Gasteiger partial charge in [0.2, 0.25) is 0 Å². The lowest BCUT2D eigenvalue weighted by Gasteiger charge is -2.20. The number of benzene rings is 2. The summed E-state index contributed by atoms with van der Waals surface area (Å²) in [5, 5.41) is 12.4. The Bertz CT molecular complexity index is 698. The second-order valence-electron chi connectivity index (χ2n) is 5.85. The first kappa shape index (κ1) is 14.5. The van der Waals surface area contributed by atoms with Crippen molar-refractivity contribution in [1.29, 1.82) is 5.26 Å². The summed E-state index contributed by atoms with van der Waals surface area (Å²) in [6, 6.07) is 16.9. The number of likely N-dealkylation sites (N-methyl/N-ethyl adjacent to an activating group) is 1. The van der Waals surface area contributed by atoms with Gasteiger partial charge in [0, 0.05) is 25.0 Å². The lowest BCUT2D eigenvalue weighted by atomic mass is 10.00. The van der Waals surface area contributed by atoms with Crippen LogP contribution in [0.3, 0.4) is 0 Å². The molecule has 0 aromatic heterocycles. The number of nitrogens with one attached hydrogen (secondary N) is 1. The first-order chi connectivity index (χ1) is 10.7. The second kappa shape index (κ2) is 6.11. The Labute approximate surface area is 132 Å². The van der Waals surface area contributed by atoms with E-state index in [1.54, 1.807) is 0 Å². The Kier molecular flexibility index (Phi) is 4.02. The number of hydrogen-bond acceptors (Lipinski definition) is 3. The van der Waals surface area contributed by atoms with E-state index >= 15 is 0 Å². The molecule has 2 aromatic rings. The zero-order chi connectivity index (χ0) is 15.5. The number of rotatable bonds is 4. The summed E-state index contributed by atoms with van der Waals surface area (Å²) in [6.07, 6.45) is 2.15. The monoisotopic (exact) mass is 291 g/mol. The first-order valence-electron chi connectivity index (χ1n) is 7.82. The molecule has 2 aromatic carbocycles. The highest BCUT2D eigenvalue weighted by molar-refractivity contribution is 5.59. The van der Waals surface area contributed by atoms with Crippen LogP contribution in [0.1, 0.15) is 36.1 Å². The molecule has 1 aliphatic heterocycles. The molecule has 3 heteroatoms. The Morgan fingerprint density at radius 2 is 2.00 bits per heavy atom. The van der Waals surface area contributed by atoms with E-state index in [-0.39, 0.29) is 0 Å². The van der Waals surface area contributed by atoms with Crippen molar-refractivity contribution in [1.82, 2.24) is 0 Å². The summed E-state index contributed by atoms with van der Waals surface area (Å²) in [6.45, 7) is 3.30. The summed E-state index contributed by atoms with van der Waals surface area (Å²) in [7, 11) is 2.15. The van der Waals surface area contributed by atoms with E-state index in [2.05, 4.69) is 48.5 Å². The highest BCUT2D eigenvalue weighted by Gasteiger charge is 2.18. The van der Waals surface area contributed by atoms with E-state index in [1.807, 2.05) is 24.3 Å². The van der Waals surface area contributed by atoms with E-state index in [1.165, 1.54) is 16.8 Å². The molecule has 0 saturated heterocycles. The Morgan fingerprint density at radius 1 is 1.23 bits per heavy atom. The van der Waals surface area contributed by atoms with Gasteiger partial charge in [0.05, 0.1) is 17.7 Å². The fraction of sp³-hybridized carbons (Fsp3) is 0.316. The van der Waals surface area contributed by atoms with Crippen molar-refractivity contribution in [2.45, 2.75) is 25.8 Å². The average molecular weight is 291 g/mol. The number of nitriles is 1. The highest BCUT2D eigenvalue weighted by Crippen LogP contribution is 2.31. The molecule has 1 unspecified atom stereocenters. The van der Waals surface area contributed by atoms with Crippen molar-refractivity contribution in [3.63, 3.8) is 0 Å². The van der Waals surface area contributed by atoms with Gasteiger partial charge in [-0.05, 0) is 54.3 Å². The average Bonchev–Trinajstić information content (AvgIpc) is 2.94. The molecule has 112 valence electrons. The van der Waals surface area contributed by atoms with Gasteiger partial charge in [-0.25, -0.2) is 0 Å². The van der Waals surface area contributed by atoms with Crippen LogP contribution < -0.4 is 10.2 Å².